The zero-order chi connectivity index (χ0) is 15.4. The molecule has 0 radical (unpaired) electrons. The number of aryl methyl sites for hydroxylation is 1. The number of ether oxygens (including phenoxy) is 1. The first-order valence-electron chi connectivity index (χ1n) is 8.08. The van der Waals surface area contributed by atoms with Crippen molar-refractivity contribution in [2.24, 2.45) is 5.92 Å². The van der Waals surface area contributed by atoms with Crippen molar-refractivity contribution < 1.29 is 4.74 Å². The highest BCUT2D eigenvalue weighted by molar-refractivity contribution is 7.15. The van der Waals surface area contributed by atoms with Crippen LogP contribution in [0.1, 0.15) is 45.2 Å². The van der Waals surface area contributed by atoms with Crippen molar-refractivity contribution in [1.82, 2.24) is 10.3 Å². The third kappa shape index (κ3) is 4.41. The summed E-state index contributed by atoms with van der Waals surface area (Å²) in [6.07, 6.45) is 1.29. The molecular weight excluding hydrogens is 282 g/mol. The fourth-order valence-electron chi connectivity index (χ4n) is 2.55. The van der Waals surface area contributed by atoms with Crippen molar-refractivity contribution in [2.75, 3.05) is 24.6 Å². The molecule has 2 heterocycles. The number of rotatable bonds is 6. The molecule has 1 aromatic heterocycles. The van der Waals surface area contributed by atoms with Crippen LogP contribution in [0.25, 0.3) is 0 Å². The van der Waals surface area contributed by atoms with Crippen LogP contribution in [0.5, 0.6) is 0 Å². The molecule has 1 aromatic rings. The Morgan fingerprint density at radius 2 is 2.19 bits per heavy atom. The Morgan fingerprint density at radius 3 is 2.86 bits per heavy atom. The van der Waals surface area contributed by atoms with Gasteiger partial charge in [-0.3, -0.25) is 0 Å². The van der Waals surface area contributed by atoms with Gasteiger partial charge < -0.3 is 15.0 Å². The van der Waals surface area contributed by atoms with E-state index in [0.717, 1.165) is 37.8 Å². The lowest BCUT2D eigenvalue weighted by molar-refractivity contribution is 0.0343. The molecule has 0 spiro atoms. The van der Waals surface area contributed by atoms with Crippen LogP contribution in [0.4, 0.5) is 5.13 Å². The Hall–Kier alpha value is -0.650. The van der Waals surface area contributed by atoms with Gasteiger partial charge in [-0.05, 0) is 32.7 Å². The van der Waals surface area contributed by atoms with E-state index in [1.807, 2.05) is 11.3 Å². The number of morpholine rings is 1. The van der Waals surface area contributed by atoms with E-state index in [1.54, 1.807) is 0 Å². The number of anilines is 1. The van der Waals surface area contributed by atoms with Crippen LogP contribution in [-0.2, 0) is 17.7 Å². The SMILES string of the molecule is CCc1nc(N2CC(C)OCC2C)sc1CNCC(C)C. The average Bonchev–Trinajstić information content (AvgIpc) is 2.84. The lowest BCUT2D eigenvalue weighted by Gasteiger charge is -2.36. The van der Waals surface area contributed by atoms with Crippen LogP contribution in [0.2, 0.25) is 0 Å². The van der Waals surface area contributed by atoms with Gasteiger partial charge in [0.05, 0.1) is 24.4 Å². The number of aromatic nitrogens is 1. The molecule has 120 valence electrons. The van der Waals surface area contributed by atoms with Gasteiger partial charge in [-0.15, -0.1) is 11.3 Å². The topological polar surface area (TPSA) is 37.4 Å². The predicted molar refractivity (Wildman–Crippen MR) is 90.3 cm³/mol. The Balaban J connectivity index is 2.08. The van der Waals surface area contributed by atoms with Gasteiger partial charge in [0.1, 0.15) is 0 Å². The first-order chi connectivity index (χ1) is 10.0. The van der Waals surface area contributed by atoms with Gasteiger partial charge in [-0.25, -0.2) is 4.98 Å². The van der Waals surface area contributed by atoms with E-state index in [-0.39, 0.29) is 6.10 Å². The molecule has 0 saturated carbocycles. The lowest BCUT2D eigenvalue weighted by atomic mass is 10.2. The maximum absolute atomic E-state index is 5.72. The minimum absolute atomic E-state index is 0.290. The molecule has 2 unspecified atom stereocenters. The van der Waals surface area contributed by atoms with Crippen LogP contribution in [0, 0.1) is 5.92 Å². The Morgan fingerprint density at radius 1 is 1.43 bits per heavy atom. The summed E-state index contributed by atoms with van der Waals surface area (Å²) in [4.78, 5) is 8.68. The second-order valence-corrected chi connectivity index (χ2v) is 7.45. The monoisotopic (exact) mass is 311 g/mol. The normalized spacial score (nSPS) is 23.0. The van der Waals surface area contributed by atoms with Gasteiger partial charge in [0.25, 0.3) is 0 Å². The highest BCUT2D eigenvalue weighted by Crippen LogP contribution is 2.30. The van der Waals surface area contributed by atoms with E-state index in [1.165, 1.54) is 10.6 Å². The highest BCUT2D eigenvalue weighted by Gasteiger charge is 2.26. The van der Waals surface area contributed by atoms with Crippen molar-refractivity contribution >= 4 is 16.5 Å². The molecule has 2 rings (SSSR count). The minimum Gasteiger partial charge on any atom is -0.375 e. The number of nitrogens with one attached hydrogen (secondary N) is 1. The third-order valence-corrected chi connectivity index (χ3v) is 4.93. The Kier molecular flexibility index (Phi) is 6.02. The molecule has 1 N–H and O–H groups in total. The molecule has 0 aliphatic carbocycles. The van der Waals surface area contributed by atoms with Crippen LogP contribution in [0.15, 0.2) is 0 Å². The van der Waals surface area contributed by atoms with Gasteiger partial charge in [-0.2, -0.15) is 0 Å². The summed E-state index contributed by atoms with van der Waals surface area (Å²) in [5.74, 6) is 0.683. The Labute approximate surface area is 132 Å². The molecule has 1 aliphatic rings. The van der Waals surface area contributed by atoms with E-state index < -0.39 is 0 Å². The summed E-state index contributed by atoms with van der Waals surface area (Å²) in [5, 5.41) is 4.70. The molecule has 5 heteroatoms. The van der Waals surface area contributed by atoms with Crippen LogP contribution in [0.3, 0.4) is 0 Å². The molecule has 1 aliphatic heterocycles. The zero-order valence-corrected chi connectivity index (χ0v) is 14.8. The number of nitrogens with zero attached hydrogens (tertiary/aromatic N) is 2. The molecule has 21 heavy (non-hydrogen) atoms. The molecule has 2 atom stereocenters. The smallest absolute Gasteiger partial charge is 0.186 e. The molecule has 0 bridgehead atoms. The van der Waals surface area contributed by atoms with Crippen LogP contribution >= 0.6 is 11.3 Å². The first kappa shape index (κ1) is 16.7. The number of hydrogen-bond acceptors (Lipinski definition) is 5. The van der Waals surface area contributed by atoms with Crippen LogP contribution in [-0.4, -0.2) is 36.8 Å². The van der Waals surface area contributed by atoms with Gasteiger partial charge in [0.2, 0.25) is 0 Å². The first-order valence-corrected chi connectivity index (χ1v) is 8.90. The molecule has 1 saturated heterocycles. The maximum atomic E-state index is 5.72. The largest absolute Gasteiger partial charge is 0.375 e. The number of thiazole rings is 1. The lowest BCUT2D eigenvalue weighted by Crippen LogP contribution is -2.47. The quantitative estimate of drug-likeness (QED) is 0.876. The second kappa shape index (κ2) is 7.56. The van der Waals surface area contributed by atoms with Gasteiger partial charge in [0.15, 0.2) is 5.13 Å². The van der Waals surface area contributed by atoms with E-state index in [4.69, 9.17) is 9.72 Å². The summed E-state index contributed by atoms with van der Waals surface area (Å²) < 4.78 is 5.72. The van der Waals surface area contributed by atoms with Crippen molar-refractivity contribution in [3.05, 3.63) is 10.6 Å². The molecule has 0 aromatic carbocycles. The standard InChI is InChI=1S/C16H29N3OS/c1-6-14-15(8-17-7-11(2)3)21-16(18-14)19-9-13(5)20-10-12(19)4/h11-13,17H,6-10H2,1-5H3. The molecule has 0 amide bonds. The van der Waals surface area contributed by atoms with Gasteiger partial charge in [-0.1, -0.05) is 20.8 Å². The third-order valence-electron chi connectivity index (χ3n) is 3.79. The van der Waals surface area contributed by atoms with Crippen molar-refractivity contribution in [3.8, 4) is 0 Å². The van der Waals surface area contributed by atoms with Gasteiger partial charge >= 0.3 is 0 Å². The summed E-state index contributed by atoms with van der Waals surface area (Å²) in [6.45, 7) is 14.8. The summed E-state index contributed by atoms with van der Waals surface area (Å²) in [5.41, 5.74) is 1.25. The molecular formula is C16H29N3OS. The fraction of sp³-hybridized carbons (Fsp3) is 0.812. The van der Waals surface area contributed by atoms with Gasteiger partial charge in [0, 0.05) is 18.0 Å². The van der Waals surface area contributed by atoms with E-state index >= 15 is 0 Å². The summed E-state index contributed by atoms with van der Waals surface area (Å²) in [6, 6.07) is 0.411. The summed E-state index contributed by atoms with van der Waals surface area (Å²) in [7, 11) is 0. The minimum atomic E-state index is 0.290. The maximum Gasteiger partial charge on any atom is 0.186 e. The van der Waals surface area contributed by atoms with Crippen LogP contribution < -0.4 is 10.2 Å². The van der Waals surface area contributed by atoms with E-state index in [0.29, 0.717) is 12.0 Å². The van der Waals surface area contributed by atoms with E-state index in [2.05, 4.69) is 44.8 Å². The van der Waals surface area contributed by atoms with Crippen molar-refractivity contribution in [1.29, 1.82) is 0 Å². The predicted octanol–water partition coefficient (Wildman–Crippen LogP) is 3.06. The average molecular weight is 311 g/mol. The van der Waals surface area contributed by atoms with E-state index in [9.17, 15) is 0 Å². The fourth-order valence-corrected chi connectivity index (χ4v) is 3.78. The molecule has 1 fully saturated rings. The van der Waals surface area contributed by atoms with Crippen molar-refractivity contribution in [2.45, 2.75) is 59.7 Å². The zero-order valence-electron chi connectivity index (χ0n) is 14.0. The number of hydrogen-bond donors (Lipinski definition) is 1. The molecule has 4 nitrogen and oxygen atoms in total. The summed E-state index contributed by atoms with van der Waals surface area (Å²) >= 11 is 1.84. The van der Waals surface area contributed by atoms with Crippen molar-refractivity contribution in [3.63, 3.8) is 0 Å². The Bertz CT molecular complexity index is 447. The highest BCUT2D eigenvalue weighted by atomic mass is 32.1. The second-order valence-electron chi connectivity index (χ2n) is 6.39.